The van der Waals surface area contributed by atoms with Crippen LogP contribution in [0.5, 0.6) is 5.75 Å². The molecule has 0 heterocycles. The van der Waals surface area contributed by atoms with Crippen molar-refractivity contribution in [2.24, 2.45) is 0 Å². The molecule has 0 saturated heterocycles. The van der Waals surface area contributed by atoms with Crippen molar-refractivity contribution in [3.05, 3.63) is 59.2 Å². The van der Waals surface area contributed by atoms with Gasteiger partial charge in [-0.25, -0.2) is 8.42 Å². The number of nitrogens with one attached hydrogen (secondary N) is 2. The molecule has 0 spiro atoms. The molecule has 0 bridgehead atoms. The van der Waals surface area contributed by atoms with E-state index in [1.54, 1.807) is 18.2 Å². The Labute approximate surface area is 161 Å². The molecule has 0 saturated carbocycles. The summed E-state index contributed by atoms with van der Waals surface area (Å²) in [5.74, 6) is -0.0445. The Morgan fingerprint density at radius 3 is 2.19 bits per heavy atom. The SMILES string of the molecule is Cc1ccc(OCC(=O)NNS(=O)(=O)c2ccc(C(C)(C)C)cc2)cc1C. The molecule has 0 aliphatic carbocycles. The smallest absolute Gasteiger partial charge is 0.272 e. The van der Waals surface area contributed by atoms with E-state index in [-0.39, 0.29) is 16.9 Å². The van der Waals surface area contributed by atoms with Gasteiger partial charge in [-0.15, -0.1) is 4.83 Å². The van der Waals surface area contributed by atoms with Gasteiger partial charge in [-0.2, -0.15) is 0 Å². The first-order valence-electron chi connectivity index (χ1n) is 8.60. The van der Waals surface area contributed by atoms with Crippen LogP contribution in [0.25, 0.3) is 0 Å². The largest absolute Gasteiger partial charge is 0.484 e. The summed E-state index contributed by atoms with van der Waals surface area (Å²) in [4.78, 5) is 14.0. The molecular formula is C20H26N2O4S. The molecule has 27 heavy (non-hydrogen) atoms. The molecule has 1 amide bonds. The van der Waals surface area contributed by atoms with E-state index in [2.05, 4.69) is 10.3 Å². The van der Waals surface area contributed by atoms with Crippen LogP contribution in [0.4, 0.5) is 0 Å². The quantitative estimate of drug-likeness (QED) is 0.743. The highest BCUT2D eigenvalue weighted by Gasteiger charge is 2.18. The summed E-state index contributed by atoms with van der Waals surface area (Å²) >= 11 is 0. The third kappa shape index (κ3) is 5.80. The Balaban J connectivity index is 1.92. The third-order valence-electron chi connectivity index (χ3n) is 4.20. The van der Waals surface area contributed by atoms with Crippen LogP contribution in [0.1, 0.15) is 37.5 Å². The Bertz CT molecular complexity index is 914. The van der Waals surface area contributed by atoms with Crippen molar-refractivity contribution in [3.63, 3.8) is 0 Å². The Kier molecular flexibility index (Phi) is 6.28. The molecule has 7 heteroatoms. The highest BCUT2D eigenvalue weighted by atomic mass is 32.2. The standard InChI is InChI=1S/C20H26N2O4S/c1-14-6-9-17(12-15(14)2)26-13-19(23)21-22-27(24,25)18-10-7-16(8-11-18)20(3,4)5/h6-12,22H,13H2,1-5H3,(H,21,23). The van der Waals surface area contributed by atoms with Gasteiger partial charge in [0.2, 0.25) is 0 Å². The number of carbonyl (C=O) groups is 1. The summed E-state index contributed by atoms with van der Waals surface area (Å²) < 4.78 is 30.0. The van der Waals surface area contributed by atoms with E-state index in [9.17, 15) is 13.2 Å². The van der Waals surface area contributed by atoms with E-state index in [4.69, 9.17) is 4.74 Å². The minimum atomic E-state index is -3.85. The zero-order chi connectivity index (χ0) is 20.2. The first-order valence-corrected chi connectivity index (χ1v) is 10.1. The lowest BCUT2D eigenvalue weighted by molar-refractivity contribution is -0.123. The van der Waals surface area contributed by atoms with E-state index in [0.717, 1.165) is 16.7 Å². The third-order valence-corrected chi connectivity index (χ3v) is 5.47. The van der Waals surface area contributed by atoms with Crippen molar-refractivity contribution in [2.45, 2.75) is 44.9 Å². The second-order valence-corrected chi connectivity index (χ2v) is 9.15. The molecule has 0 fully saturated rings. The van der Waals surface area contributed by atoms with Gasteiger partial charge in [0.1, 0.15) is 5.75 Å². The summed E-state index contributed by atoms with van der Waals surface area (Å²) in [6.45, 7) is 9.77. The zero-order valence-electron chi connectivity index (χ0n) is 16.3. The van der Waals surface area contributed by atoms with E-state index in [1.807, 2.05) is 46.8 Å². The number of carbonyl (C=O) groups excluding carboxylic acids is 1. The van der Waals surface area contributed by atoms with Crippen molar-refractivity contribution in [3.8, 4) is 5.75 Å². The minimum Gasteiger partial charge on any atom is -0.484 e. The van der Waals surface area contributed by atoms with Crippen LogP contribution in [-0.2, 0) is 20.2 Å². The van der Waals surface area contributed by atoms with Gasteiger partial charge in [0.25, 0.3) is 15.9 Å². The number of hydrogen-bond donors (Lipinski definition) is 2. The highest BCUT2D eigenvalue weighted by molar-refractivity contribution is 7.89. The highest BCUT2D eigenvalue weighted by Crippen LogP contribution is 2.23. The number of hydrazine groups is 1. The number of hydrogen-bond acceptors (Lipinski definition) is 4. The lowest BCUT2D eigenvalue weighted by Crippen LogP contribution is -2.43. The summed E-state index contributed by atoms with van der Waals surface area (Å²) in [5, 5.41) is 0. The zero-order valence-corrected chi connectivity index (χ0v) is 17.1. The summed E-state index contributed by atoms with van der Waals surface area (Å²) in [6, 6.07) is 12.0. The van der Waals surface area contributed by atoms with E-state index >= 15 is 0 Å². The maximum atomic E-state index is 12.3. The van der Waals surface area contributed by atoms with E-state index in [1.165, 1.54) is 12.1 Å². The Morgan fingerprint density at radius 1 is 1.00 bits per heavy atom. The molecule has 0 atom stereocenters. The predicted molar refractivity (Wildman–Crippen MR) is 105 cm³/mol. The normalized spacial score (nSPS) is 11.9. The van der Waals surface area contributed by atoms with Gasteiger partial charge in [0, 0.05) is 0 Å². The van der Waals surface area contributed by atoms with Crippen LogP contribution >= 0.6 is 0 Å². The van der Waals surface area contributed by atoms with Crippen molar-refractivity contribution < 1.29 is 17.9 Å². The number of amides is 1. The van der Waals surface area contributed by atoms with Crippen LogP contribution in [0, 0.1) is 13.8 Å². The molecule has 2 aromatic rings. The van der Waals surface area contributed by atoms with Crippen molar-refractivity contribution >= 4 is 15.9 Å². The second-order valence-electron chi connectivity index (χ2n) is 7.46. The molecular weight excluding hydrogens is 364 g/mol. The van der Waals surface area contributed by atoms with E-state index < -0.39 is 15.9 Å². The number of sulfonamides is 1. The predicted octanol–water partition coefficient (Wildman–Crippen LogP) is 2.99. The molecule has 0 unspecified atom stereocenters. The fraction of sp³-hybridized carbons (Fsp3) is 0.350. The van der Waals surface area contributed by atoms with Gasteiger partial charge < -0.3 is 4.74 Å². The number of benzene rings is 2. The van der Waals surface area contributed by atoms with Crippen LogP contribution in [0.15, 0.2) is 47.4 Å². The van der Waals surface area contributed by atoms with Gasteiger partial charge >= 0.3 is 0 Å². The first-order chi connectivity index (χ1) is 12.5. The van der Waals surface area contributed by atoms with Crippen LogP contribution < -0.4 is 15.0 Å². The van der Waals surface area contributed by atoms with Gasteiger partial charge in [-0.3, -0.25) is 10.2 Å². The molecule has 2 rings (SSSR count). The minimum absolute atomic E-state index is 0.0738. The first kappa shape index (κ1) is 20.9. The van der Waals surface area contributed by atoms with Gasteiger partial charge in [-0.05, 0) is 60.2 Å². The van der Waals surface area contributed by atoms with Crippen LogP contribution in [0.3, 0.4) is 0 Å². The molecule has 0 aliphatic heterocycles. The van der Waals surface area contributed by atoms with Crippen molar-refractivity contribution in [2.75, 3.05) is 6.61 Å². The second kappa shape index (κ2) is 8.10. The Hall–Kier alpha value is -2.38. The van der Waals surface area contributed by atoms with Crippen LogP contribution in [-0.4, -0.2) is 20.9 Å². The average Bonchev–Trinajstić information content (AvgIpc) is 2.60. The summed E-state index contributed by atoms with van der Waals surface area (Å²) in [7, 11) is -3.85. The molecule has 0 aromatic heterocycles. The van der Waals surface area contributed by atoms with Crippen molar-refractivity contribution in [1.29, 1.82) is 0 Å². The maximum absolute atomic E-state index is 12.3. The fourth-order valence-corrected chi connectivity index (χ4v) is 3.17. The molecule has 0 radical (unpaired) electrons. The molecule has 2 N–H and O–H groups in total. The molecule has 146 valence electrons. The summed E-state index contributed by atoms with van der Waals surface area (Å²) in [6.07, 6.45) is 0. The average molecular weight is 391 g/mol. The Morgan fingerprint density at radius 2 is 1.63 bits per heavy atom. The number of ether oxygens (including phenoxy) is 1. The van der Waals surface area contributed by atoms with Gasteiger partial charge in [-0.1, -0.05) is 39.0 Å². The maximum Gasteiger partial charge on any atom is 0.272 e. The lowest BCUT2D eigenvalue weighted by Gasteiger charge is -2.19. The number of aryl methyl sites for hydroxylation is 2. The van der Waals surface area contributed by atoms with E-state index in [0.29, 0.717) is 5.75 Å². The lowest BCUT2D eigenvalue weighted by atomic mass is 9.87. The molecule has 2 aromatic carbocycles. The summed E-state index contributed by atoms with van der Waals surface area (Å²) in [5.41, 5.74) is 5.28. The number of rotatable bonds is 6. The fourth-order valence-electron chi connectivity index (χ4n) is 2.31. The topological polar surface area (TPSA) is 84.5 Å². The van der Waals surface area contributed by atoms with Crippen molar-refractivity contribution in [1.82, 2.24) is 10.3 Å². The molecule has 0 aliphatic rings. The van der Waals surface area contributed by atoms with Crippen LogP contribution in [0.2, 0.25) is 0 Å². The monoisotopic (exact) mass is 390 g/mol. The van der Waals surface area contributed by atoms with Gasteiger partial charge in [0.15, 0.2) is 6.61 Å². The van der Waals surface area contributed by atoms with Gasteiger partial charge in [0.05, 0.1) is 4.90 Å². The molecule has 6 nitrogen and oxygen atoms in total.